The number of hydrogen-bond donors (Lipinski definition) is 1. The summed E-state index contributed by atoms with van der Waals surface area (Å²) in [6, 6.07) is 0. The molecule has 0 amide bonds. The van der Waals surface area contributed by atoms with Gasteiger partial charge in [-0.05, 0) is 26.3 Å². The van der Waals surface area contributed by atoms with Crippen LogP contribution in [0, 0.1) is 13.8 Å². The minimum absolute atomic E-state index is 0.457. The zero-order chi connectivity index (χ0) is 15.0. The van der Waals surface area contributed by atoms with Gasteiger partial charge in [-0.3, -0.25) is 0 Å². The number of thiophene rings is 1. The van der Waals surface area contributed by atoms with Crippen LogP contribution in [-0.4, -0.2) is 29.8 Å². The molecule has 0 bridgehead atoms. The Labute approximate surface area is 128 Å². The van der Waals surface area contributed by atoms with Gasteiger partial charge in [0.05, 0.1) is 5.39 Å². The van der Waals surface area contributed by atoms with E-state index >= 15 is 0 Å². The van der Waals surface area contributed by atoms with Crippen molar-refractivity contribution < 1.29 is 9.47 Å². The Bertz CT molecular complexity index is 657. The predicted molar refractivity (Wildman–Crippen MR) is 84.7 cm³/mol. The molecule has 5 nitrogen and oxygen atoms in total. The highest BCUT2D eigenvalue weighted by atomic mass is 32.1. The van der Waals surface area contributed by atoms with Gasteiger partial charge in [-0.1, -0.05) is 0 Å². The van der Waals surface area contributed by atoms with Gasteiger partial charge in [0, 0.05) is 37.5 Å². The van der Waals surface area contributed by atoms with E-state index < -0.39 is 5.60 Å². The molecule has 1 saturated heterocycles. The molecular weight excluding hydrogens is 286 g/mol. The molecule has 6 heteroatoms. The molecule has 0 spiro atoms. The minimum atomic E-state index is -0.457. The molecule has 1 aliphatic heterocycles. The van der Waals surface area contributed by atoms with Crippen LogP contribution < -0.4 is 5.73 Å². The summed E-state index contributed by atoms with van der Waals surface area (Å²) < 4.78 is 11.5. The molecule has 0 unspecified atom stereocenters. The Morgan fingerprint density at radius 1 is 1.29 bits per heavy atom. The third kappa shape index (κ3) is 2.41. The van der Waals surface area contributed by atoms with Crippen LogP contribution in [-0.2, 0) is 15.1 Å². The van der Waals surface area contributed by atoms with E-state index in [-0.39, 0.29) is 0 Å². The highest BCUT2D eigenvalue weighted by Gasteiger charge is 2.38. The Morgan fingerprint density at radius 3 is 2.67 bits per heavy atom. The van der Waals surface area contributed by atoms with Crippen molar-refractivity contribution in [1.82, 2.24) is 9.97 Å². The highest BCUT2D eigenvalue weighted by Crippen LogP contribution is 2.38. The highest BCUT2D eigenvalue weighted by molar-refractivity contribution is 7.18. The summed E-state index contributed by atoms with van der Waals surface area (Å²) in [6.45, 7) is 8.13. The number of rotatable bonds is 3. The molecule has 3 heterocycles. The minimum Gasteiger partial charge on any atom is -0.383 e. The molecule has 114 valence electrons. The zero-order valence-electron chi connectivity index (χ0n) is 12.7. The third-order valence-corrected chi connectivity index (χ3v) is 5.29. The number of hydrogen-bond acceptors (Lipinski definition) is 6. The fourth-order valence-electron chi connectivity index (χ4n) is 2.89. The lowest BCUT2D eigenvalue weighted by atomic mass is 9.92. The Hall–Kier alpha value is -1.24. The number of aromatic nitrogens is 2. The van der Waals surface area contributed by atoms with Gasteiger partial charge < -0.3 is 15.2 Å². The third-order valence-electron chi connectivity index (χ3n) is 4.19. The van der Waals surface area contributed by atoms with E-state index in [0.717, 1.165) is 23.1 Å². The summed E-state index contributed by atoms with van der Waals surface area (Å²) in [6.07, 6.45) is 1.55. The Morgan fingerprint density at radius 2 is 2.00 bits per heavy atom. The van der Waals surface area contributed by atoms with Gasteiger partial charge in [0.1, 0.15) is 16.2 Å². The molecule has 2 aromatic rings. The zero-order valence-corrected chi connectivity index (χ0v) is 13.5. The summed E-state index contributed by atoms with van der Waals surface area (Å²) in [4.78, 5) is 11.6. The van der Waals surface area contributed by atoms with Gasteiger partial charge in [0.15, 0.2) is 5.82 Å². The van der Waals surface area contributed by atoms with Gasteiger partial charge in [-0.25, -0.2) is 9.97 Å². The summed E-state index contributed by atoms with van der Waals surface area (Å²) in [5.41, 5.74) is 6.92. The van der Waals surface area contributed by atoms with Crippen molar-refractivity contribution in [2.75, 3.05) is 25.6 Å². The van der Waals surface area contributed by atoms with Gasteiger partial charge in [-0.2, -0.15) is 0 Å². The van der Waals surface area contributed by atoms with E-state index in [2.05, 4.69) is 18.8 Å². The maximum Gasteiger partial charge on any atom is 0.164 e. The maximum atomic E-state index is 6.20. The number of nitrogens with two attached hydrogens (primary N) is 1. The first-order valence-electron chi connectivity index (χ1n) is 7.33. The van der Waals surface area contributed by atoms with Gasteiger partial charge in [0.25, 0.3) is 0 Å². The molecule has 2 N–H and O–H groups in total. The molecule has 0 aliphatic carbocycles. The van der Waals surface area contributed by atoms with Crippen molar-refractivity contribution in [2.24, 2.45) is 0 Å². The van der Waals surface area contributed by atoms with Crippen LogP contribution >= 0.6 is 11.3 Å². The van der Waals surface area contributed by atoms with E-state index in [0.29, 0.717) is 31.5 Å². The topological polar surface area (TPSA) is 70.3 Å². The average molecular weight is 307 g/mol. The fourth-order valence-corrected chi connectivity index (χ4v) is 3.93. The van der Waals surface area contributed by atoms with Gasteiger partial charge >= 0.3 is 0 Å². The first-order chi connectivity index (χ1) is 10.1. The smallest absolute Gasteiger partial charge is 0.164 e. The van der Waals surface area contributed by atoms with Crippen LogP contribution in [0.5, 0.6) is 0 Å². The second kappa shape index (κ2) is 5.51. The predicted octanol–water partition coefficient (Wildman–Crippen LogP) is 2.93. The lowest BCUT2D eigenvalue weighted by molar-refractivity contribution is -0.117. The van der Waals surface area contributed by atoms with Crippen LogP contribution in [0.15, 0.2) is 0 Å². The van der Waals surface area contributed by atoms with E-state index in [9.17, 15) is 0 Å². The number of anilines is 1. The largest absolute Gasteiger partial charge is 0.383 e. The van der Waals surface area contributed by atoms with E-state index in [1.54, 1.807) is 11.3 Å². The normalized spacial score (nSPS) is 18.2. The number of aryl methyl sites for hydroxylation is 2. The maximum absolute atomic E-state index is 6.20. The van der Waals surface area contributed by atoms with Crippen molar-refractivity contribution in [3.63, 3.8) is 0 Å². The number of nitrogen functional groups attached to an aromatic ring is 1. The van der Waals surface area contributed by atoms with Crippen molar-refractivity contribution >= 4 is 27.4 Å². The first-order valence-corrected chi connectivity index (χ1v) is 8.14. The Balaban J connectivity index is 2.14. The standard InChI is InChI=1S/C15H21N3O2S/c1-4-20-15(5-7-19-8-6-15)14-17-12(16)11-9(2)10(3)21-13(11)18-14/h4-8H2,1-3H3,(H2,16,17,18). The second-order valence-electron chi connectivity index (χ2n) is 5.44. The second-order valence-corrected chi connectivity index (χ2v) is 6.64. The van der Waals surface area contributed by atoms with E-state index in [1.165, 1.54) is 10.4 Å². The molecule has 0 atom stereocenters. The SMILES string of the molecule is CCOC1(c2nc(N)c3c(C)c(C)sc3n2)CCOCC1. The molecular formula is C15H21N3O2S. The number of ether oxygens (including phenoxy) is 2. The van der Waals surface area contributed by atoms with Crippen molar-refractivity contribution in [2.45, 2.75) is 39.2 Å². The Kier molecular flexibility index (Phi) is 3.86. The molecule has 3 rings (SSSR count). The number of nitrogens with zero attached hydrogens (tertiary/aromatic N) is 2. The summed E-state index contributed by atoms with van der Waals surface area (Å²) >= 11 is 1.67. The van der Waals surface area contributed by atoms with Gasteiger partial charge in [0.2, 0.25) is 0 Å². The van der Waals surface area contributed by atoms with Crippen molar-refractivity contribution in [1.29, 1.82) is 0 Å². The molecule has 21 heavy (non-hydrogen) atoms. The van der Waals surface area contributed by atoms with Crippen LogP contribution in [0.3, 0.4) is 0 Å². The molecule has 2 aromatic heterocycles. The lowest BCUT2D eigenvalue weighted by Crippen LogP contribution is -2.38. The molecule has 0 saturated carbocycles. The van der Waals surface area contributed by atoms with E-state index in [4.69, 9.17) is 20.2 Å². The molecule has 0 aromatic carbocycles. The molecule has 1 fully saturated rings. The summed E-state index contributed by atoms with van der Waals surface area (Å²) in [5, 5.41) is 0.986. The quantitative estimate of drug-likeness (QED) is 0.944. The molecule has 0 radical (unpaired) electrons. The van der Waals surface area contributed by atoms with Crippen molar-refractivity contribution in [3.8, 4) is 0 Å². The van der Waals surface area contributed by atoms with Crippen LogP contribution in [0.25, 0.3) is 10.2 Å². The molecule has 1 aliphatic rings. The van der Waals surface area contributed by atoms with Crippen molar-refractivity contribution in [3.05, 3.63) is 16.3 Å². The van der Waals surface area contributed by atoms with Crippen LogP contribution in [0.4, 0.5) is 5.82 Å². The summed E-state index contributed by atoms with van der Waals surface area (Å²) in [5.74, 6) is 1.27. The first kappa shape index (κ1) is 14.7. The monoisotopic (exact) mass is 307 g/mol. The van der Waals surface area contributed by atoms with Crippen LogP contribution in [0.2, 0.25) is 0 Å². The summed E-state index contributed by atoms with van der Waals surface area (Å²) in [7, 11) is 0. The lowest BCUT2D eigenvalue weighted by Gasteiger charge is -2.35. The number of fused-ring (bicyclic) bond motifs is 1. The van der Waals surface area contributed by atoms with Gasteiger partial charge in [-0.15, -0.1) is 11.3 Å². The average Bonchev–Trinajstić information content (AvgIpc) is 2.76. The fraction of sp³-hybridized carbons (Fsp3) is 0.600. The van der Waals surface area contributed by atoms with E-state index in [1.807, 2.05) is 6.92 Å². The van der Waals surface area contributed by atoms with Crippen LogP contribution in [0.1, 0.15) is 36.0 Å².